The fraction of sp³-hybridized carbons (Fsp3) is 0.292. The van der Waals surface area contributed by atoms with Crippen LogP contribution in [0.2, 0.25) is 0 Å². The Hall–Kier alpha value is -2.97. The average molecular weight is 502 g/mol. The maximum atomic E-state index is 13.0. The van der Waals surface area contributed by atoms with E-state index in [0.717, 1.165) is 10.0 Å². The second-order valence-electron chi connectivity index (χ2n) is 7.47. The zero-order valence-electron chi connectivity index (χ0n) is 18.1. The number of aryl methyl sites for hydroxylation is 1. The van der Waals surface area contributed by atoms with Crippen LogP contribution in [0.25, 0.3) is 5.76 Å². The standard InChI is InChI=1S/C24H24BrNO6/c1-14-12-17(8-9-19(14)25)22(28)20-21(16-6-4-7-18(13-16)32-15(2)27)26(10-5-11-31-3)24(30)23(20)29/h4,6-9,12-13,21,28H,5,10-11H2,1-3H3/b22-20-. The molecular formula is C24H24BrNO6. The summed E-state index contributed by atoms with van der Waals surface area (Å²) < 4.78 is 11.1. The van der Waals surface area contributed by atoms with E-state index < -0.39 is 23.7 Å². The van der Waals surface area contributed by atoms with Crippen molar-refractivity contribution in [2.75, 3.05) is 20.3 Å². The van der Waals surface area contributed by atoms with Crippen LogP contribution in [0.4, 0.5) is 0 Å². The summed E-state index contributed by atoms with van der Waals surface area (Å²) in [6.07, 6.45) is 0.515. The highest BCUT2D eigenvalue weighted by Gasteiger charge is 2.45. The van der Waals surface area contributed by atoms with E-state index in [4.69, 9.17) is 9.47 Å². The number of aliphatic hydroxyl groups is 1. The zero-order valence-corrected chi connectivity index (χ0v) is 19.6. The van der Waals surface area contributed by atoms with Gasteiger partial charge in [-0.3, -0.25) is 14.4 Å². The first kappa shape index (κ1) is 23.7. The summed E-state index contributed by atoms with van der Waals surface area (Å²) >= 11 is 3.42. The predicted molar refractivity (Wildman–Crippen MR) is 122 cm³/mol. The molecule has 32 heavy (non-hydrogen) atoms. The average Bonchev–Trinajstić information content (AvgIpc) is 3.00. The Labute approximate surface area is 194 Å². The molecule has 8 heteroatoms. The second-order valence-corrected chi connectivity index (χ2v) is 8.32. The van der Waals surface area contributed by atoms with Gasteiger partial charge in [0.25, 0.3) is 11.7 Å². The van der Waals surface area contributed by atoms with Crippen molar-refractivity contribution >= 4 is 39.3 Å². The van der Waals surface area contributed by atoms with Crippen LogP contribution in [0.3, 0.4) is 0 Å². The Morgan fingerprint density at radius 2 is 1.94 bits per heavy atom. The Balaban J connectivity index is 2.15. The molecule has 1 aliphatic heterocycles. The van der Waals surface area contributed by atoms with E-state index >= 15 is 0 Å². The number of Topliss-reactive ketones (excluding diaryl/α,β-unsaturated/α-hetero) is 1. The van der Waals surface area contributed by atoms with Gasteiger partial charge >= 0.3 is 5.97 Å². The summed E-state index contributed by atoms with van der Waals surface area (Å²) in [6, 6.07) is 11.0. The smallest absolute Gasteiger partial charge is 0.308 e. The Kier molecular flexibility index (Phi) is 7.48. The van der Waals surface area contributed by atoms with Gasteiger partial charge in [0.05, 0.1) is 11.6 Å². The molecule has 0 aromatic heterocycles. The van der Waals surface area contributed by atoms with Gasteiger partial charge in [0, 0.05) is 37.2 Å². The number of carbonyl (C=O) groups excluding carboxylic acids is 3. The molecule has 1 unspecified atom stereocenters. The van der Waals surface area contributed by atoms with Crippen LogP contribution in [-0.4, -0.2) is 47.9 Å². The summed E-state index contributed by atoms with van der Waals surface area (Å²) in [5.74, 6) is -1.91. The number of nitrogens with zero attached hydrogens (tertiary/aromatic N) is 1. The molecule has 7 nitrogen and oxygen atoms in total. The lowest BCUT2D eigenvalue weighted by molar-refractivity contribution is -0.140. The molecule has 0 radical (unpaired) electrons. The fourth-order valence-corrected chi connectivity index (χ4v) is 3.94. The van der Waals surface area contributed by atoms with E-state index in [1.807, 2.05) is 6.92 Å². The highest BCUT2D eigenvalue weighted by atomic mass is 79.9. The molecule has 1 fully saturated rings. The third-order valence-electron chi connectivity index (χ3n) is 5.15. The molecule has 1 N–H and O–H groups in total. The van der Waals surface area contributed by atoms with Gasteiger partial charge in [-0.2, -0.15) is 0 Å². The van der Waals surface area contributed by atoms with Gasteiger partial charge in [0.2, 0.25) is 0 Å². The van der Waals surface area contributed by atoms with Gasteiger partial charge in [-0.05, 0) is 48.7 Å². The number of aliphatic hydroxyl groups excluding tert-OH is 1. The summed E-state index contributed by atoms with van der Waals surface area (Å²) in [5.41, 5.74) is 1.85. The van der Waals surface area contributed by atoms with E-state index in [1.54, 1.807) is 49.6 Å². The topological polar surface area (TPSA) is 93.1 Å². The molecule has 1 saturated heterocycles. The fourth-order valence-electron chi connectivity index (χ4n) is 3.70. The van der Waals surface area contributed by atoms with E-state index in [9.17, 15) is 19.5 Å². The zero-order chi connectivity index (χ0) is 23.4. The van der Waals surface area contributed by atoms with Crippen LogP contribution in [0.5, 0.6) is 5.75 Å². The van der Waals surface area contributed by atoms with E-state index in [-0.39, 0.29) is 23.6 Å². The number of carbonyl (C=O) groups is 3. The van der Waals surface area contributed by atoms with Crippen molar-refractivity contribution < 1.29 is 29.0 Å². The number of esters is 1. The molecule has 0 saturated carbocycles. The quantitative estimate of drug-likeness (QED) is 0.153. The molecule has 1 amide bonds. The van der Waals surface area contributed by atoms with Gasteiger partial charge in [-0.1, -0.05) is 34.1 Å². The minimum atomic E-state index is -0.827. The molecule has 1 heterocycles. The van der Waals surface area contributed by atoms with Crippen LogP contribution < -0.4 is 4.74 Å². The Morgan fingerprint density at radius 3 is 2.59 bits per heavy atom. The molecule has 1 aliphatic rings. The maximum Gasteiger partial charge on any atom is 0.308 e. The van der Waals surface area contributed by atoms with Crippen molar-refractivity contribution in [3.05, 3.63) is 69.2 Å². The van der Waals surface area contributed by atoms with Crippen molar-refractivity contribution in [1.82, 2.24) is 4.90 Å². The molecule has 0 aliphatic carbocycles. The molecule has 3 rings (SSSR count). The summed E-state index contributed by atoms with van der Waals surface area (Å²) in [7, 11) is 1.56. The minimum Gasteiger partial charge on any atom is -0.507 e. The van der Waals surface area contributed by atoms with E-state index in [2.05, 4.69) is 15.9 Å². The Bertz CT molecular complexity index is 1090. The lowest BCUT2D eigenvalue weighted by Crippen LogP contribution is -2.31. The van der Waals surface area contributed by atoms with Crippen LogP contribution in [0.15, 0.2) is 52.5 Å². The Morgan fingerprint density at radius 1 is 1.19 bits per heavy atom. The third kappa shape index (κ3) is 4.92. The van der Waals surface area contributed by atoms with Crippen molar-refractivity contribution in [2.45, 2.75) is 26.3 Å². The van der Waals surface area contributed by atoms with Crippen molar-refractivity contribution in [3.8, 4) is 5.75 Å². The van der Waals surface area contributed by atoms with Crippen LogP contribution in [0.1, 0.15) is 36.1 Å². The number of benzene rings is 2. The first-order valence-corrected chi connectivity index (χ1v) is 10.9. The monoisotopic (exact) mass is 501 g/mol. The second kappa shape index (κ2) is 10.1. The number of halogens is 1. The molecule has 168 valence electrons. The summed E-state index contributed by atoms with van der Waals surface area (Å²) in [5, 5.41) is 11.1. The van der Waals surface area contributed by atoms with Gasteiger partial charge in [-0.15, -0.1) is 0 Å². The van der Waals surface area contributed by atoms with Gasteiger partial charge in [-0.25, -0.2) is 0 Å². The summed E-state index contributed by atoms with van der Waals surface area (Å²) in [4.78, 5) is 38.8. The molecule has 2 aromatic rings. The number of methoxy groups -OCH3 is 1. The van der Waals surface area contributed by atoms with Gasteiger partial charge in [0.15, 0.2) is 0 Å². The van der Waals surface area contributed by atoms with Crippen LogP contribution in [-0.2, 0) is 19.1 Å². The normalized spacial score (nSPS) is 17.6. The first-order valence-electron chi connectivity index (χ1n) is 10.1. The SMILES string of the molecule is COCCCN1C(=O)C(=O)/C(=C(\O)c2ccc(Br)c(C)c2)C1c1cccc(OC(C)=O)c1. The third-order valence-corrected chi connectivity index (χ3v) is 6.04. The lowest BCUT2D eigenvalue weighted by Gasteiger charge is -2.25. The van der Waals surface area contributed by atoms with Gasteiger partial charge in [0.1, 0.15) is 11.5 Å². The van der Waals surface area contributed by atoms with Crippen LogP contribution >= 0.6 is 15.9 Å². The molecular weight excluding hydrogens is 478 g/mol. The number of ketones is 1. The summed E-state index contributed by atoms with van der Waals surface area (Å²) in [6.45, 7) is 3.83. The molecule has 0 spiro atoms. The number of rotatable bonds is 7. The van der Waals surface area contributed by atoms with Crippen LogP contribution in [0, 0.1) is 6.92 Å². The number of likely N-dealkylation sites (tertiary alicyclic amines) is 1. The molecule has 0 bridgehead atoms. The van der Waals surface area contributed by atoms with Crippen molar-refractivity contribution in [1.29, 1.82) is 0 Å². The van der Waals surface area contributed by atoms with Crippen molar-refractivity contribution in [3.63, 3.8) is 0 Å². The minimum absolute atomic E-state index is 0.00545. The number of amides is 1. The largest absolute Gasteiger partial charge is 0.507 e. The van der Waals surface area contributed by atoms with E-state index in [0.29, 0.717) is 24.2 Å². The predicted octanol–water partition coefficient (Wildman–Crippen LogP) is 4.14. The first-order chi connectivity index (χ1) is 15.2. The lowest BCUT2D eigenvalue weighted by atomic mass is 9.94. The molecule has 1 atom stereocenters. The number of hydrogen-bond donors (Lipinski definition) is 1. The van der Waals surface area contributed by atoms with Crippen molar-refractivity contribution in [2.24, 2.45) is 0 Å². The van der Waals surface area contributed by atoms with Gasteiger partial charge < -0.3 is 19.5 Å². The highest BCUT2D eigenvalue weighted by Crippen LogP contribution is 2.40. The van der Waals surface area contributed by atoms with E-state index in [1.165, 1.54) is 11.8 Å². The maximum absolute atomic E-state index is 13.0. The highest BCUT2D eigenvalue weighted by molar-refractivity contribution is 9.10. The molecule has 2 aromatic carbocycles. The number of ether oxygens (including phenoxy) is 2. The number of hydrogen-bond acceptors (Lipinski definition) is 6.